The predicted octanol–water partition coefficient (Wildman–Crippen LogP) is 0.619. The quantitative estimate of drug-likeness (QED) is 0.790. The highest BCUT2D eigenvalue weighted by Crippen LogP contribution is 2.28. The maximum atomic E-state index is 13.1. The molecule has 3 amide bonds. The van der Waals surface area contributed by atoms with Crippen LogP contribution in [0.5, 0.6) is 0 Å². The van der Waals surface area contributed by atoms with Crippen LogP contribution in [0.15, 0.2) is 24.3 Å². The number of carbonyl (C=O) groups excluding carboxylic acids is 3. The average Bonchev–Trinajstić information content (AvgIpc) is 2.87. The van der Waals surface area contributed by atoms with E-state index in [1.54, 1.807) is 38.1 Å². The van der Waals surface area contributed by atoms with Crippen molar-refractivity contribution in [2.24, 2.45) is 5.92 Å². The number of benzene rings is 1. The van der Waals surface area contributed by atoms with E-state index in [9.17, 15) is 19.2 Å². The van der Waals surface area contributed by atoms with Gasteiger partial charge in [0.25, 0.3) is 11.8 Å². The van der Waals surface area contributed by atoms with Gasteiger partial charge in [0.05, 0.1) is 24.3 Å². The smallest absolute Gasteiger partial charge is 0.334 e. The Morgan fingerprint density at radius 1 is 1.15 bits per heavy atom. The zero-order chi connectivity index (χ0) is 19.0. The van der Waals surface area contributed by atoms with Gasteiger partial charge in [-0.3, -0.25) is 19.3 Å². The summed E-state index contributed by atoms with van der Waals surface area (Å²) in [4.78, 5) is 52.0. The van der Waals surface area contributed by atoms with E-state index >= 15 is 0 Å². The predicted molar refractivity (Wildman–Crippen MR) is 89.5 cm³/mol. The van der Waals surface area contributed by atoms with Gasteiger partial charge in [0.15, 0.2) is 6.10 Å². The van der Waals surface area contributed by atoms with Gasteiger partial charge in [0.1, 0.15) is 6.04 Å². The topological polar surface area (TPSA) is 104 Å². The minimum absolute atomic E-state index is 0.0929. The highest BCUT2D eigenvalue weighted by atomic mass is 16.5. The molecule has 26 heavy (non-hydrogen) atoms. The van der Waals surface area contributed by atoms with Gasteiger partial charge in [-0.15, -0.1) is 0 Å². The Bertz CT molecular complexity index is 740. The molecule has 2 aliphatic heterocycles. The molecule has 0 aliphatic carbocycles. The van der Waals surface area contributed by atoms with Crippen LogP contribution < -0.4 is 0 Å². The maximum absolute atomic E-state index is 13.1. The van der Waals surface area contributed by atoms with Crippen LogP contribution in [0.1, 0.15) is 34.6 Å². The summed E-state index contributed by atoms with van der Waals surface area (Å²) in [6.07, 6.45) is -1.11. The first-order valence-corrected chi connectivity index (χ1v) is 8.43. The lowest BCUT2D eigenvalue weighted by molar-refractivity contribution is -0.161. The van der Waals surface area contributed by atoms with Crippen LogP contribution in [0, 0.1) is 5.92 Å². The number of imide groups is 1. The number of fused-ring (bicyclic) bond motifs is 1. The van der Waals surface area contributed by atoms with E-state index in [0.29, 0.717) is 0 Å². The van der Waals surface area contributed by atoms with Gasteiger partial charge < -0.3 is 14.7 Å². The van der Waals surface area contributed by atoms with Gasteiger partial charge in [0.2, 0.25) is 5.91 Å². The molecule has 0 saturated carbocycles. The van der Waals surface area contributed by atoms with E-state index in [0.717, 1.165) is 4.90 Å². The molecule has 2 unspecified atom stereocenters. The number of carbonyl (C=O) groups is 4. The van der Waals surface area contributed by atoms with Gasteiger partial charge in [-0.1, -0.05) is 26.0 Å². The minimum atomic E-state index is -1.15. The highest BCUT2D eigenvalue weighted by molar-refractivity contribution is 6.22. The summed E-state index contributed by atoms with van der Waals surface area (Å²) in [6.45, 7) is 3.70. The molecule has 8 heteroatoms. The van der Waals surface area contributed by atoms with E-state index < -0.39 is 35.8 Å². The molecule has 1 aromatic carbocycles. The third-order valence-electron chi connectivity index (χ3n) is 4.64. The molecule has 2 aliphatic rings. The molecule has 138 valence electrons. The number of hydrogen-bond acceptors (Lipinski definition) is 5. The number of amides is 3. The van der Waals surface area contributed by atoms with Crippen molar-refractivity contribution in [2.45, 2.75) is 26.0 Å². The number of nitrogens with zero attached hydrogens (tertiary/aromatic N) is 2. The zero-order valence-electron chi connectivity index (χ0n) is 14.5. The van der Waals surface area contributed by atoms with Crippen molar-refractivity contribution < 1.29 is 29.0 Å². The Hall–Kier alpha value is -2.74. The van der Waals surface area contributed by atoms with E-state index in [2.05, 4.69) is 0 Å². The second-order valence-corrected chi connectivity index (χ2v) is 6.70. The SMILES string of the molecule is CC(C)C(C(=O)N1CCOC(C(=O)O)C1)N1C(=O)c2ccccc2C1=O. The number of carboxylic acids is 1. The first-order valence-electron chi connectivity index (χ1n) is 8.43. The first-order chi connectivity index (χ1) is 12.3. The average molecular weight is 360 g/mol. The molecule has 2 heterocycles. The minimum Gasteiger partial charge on any atom is -0.479 e. The largest absolute Gasteiger partial charge is 0.479 e. The number of rotatable bonds is 4. The Morgan fingerprint density at radius 3 is 2.23 bits per heavy atom. The maximum Gasteiger partial charge on any atom is 0.334 e. The van der Waals surface area contributed by atoms with Gasteiger partial charge in [-0.05, 0) is 18.1 Å². The number of morpholine rings is 1. The van der Waals surface area contributed by atoms with Crippen LogP contribution in [0.4, 0.5) is 0 Å². The second kappa shape index (κ2) is 6.87. The molecule has 1 saturated heterocycles. The molecule has 8 nitrogen and oxygen atoms in total. The van der Waals surface area contributed by atoms with Gasteiger partial charge in [-0.25, -0.2) is 4.79 Å². The summed E-state index contributed by atoms with van der Waals surface area (Å²) < 4.78 is 5.14. The van der Waals surface area contributed by atoms with Crippen molar-refractivity contribution in [2.75, 3.05) is 19.7 Å². The van der Waals surface area contributed by atoms with Crippen LogP contribution in [0.2, 0.25) is 0 Å². The summed E-state index contributed by atoms with van der Waals surface area (Å²) in [6, 6.07) is 5.47. The van der Waals surface area contributed by atoms with Crippen molar-refractivity contribution in [3.05, 3.63) is 35.4 Å². The lowest BCUT2D eigenvalue weighted by atomic mass is 10.00. The summed E-state index contributed by atoms with van der Waals surface area (Å²) in [5.41, 5.74) is 0.558. The summed E-state index contributed by atoms with van der Waals surface area (Å²) in [5.74, 6) is -2.91. The second-order valence-electron chi connectivity index (χ2n) is 6.70. The van der Waals surface area contributed by atoms with Crippen LogP contribution >= 0.6 is 0 Å². The van der Waals surface area contributed by atoms with Crippen LogP contribution in [0.25, 0.3) is 0 Å². The molecule has 0 radical (unpaired) electrons. The lowest BCUT2D eigenvalue weighted by Gasteiger charge is -2.37. The van der Waals surface area contributed by atoms with Gasteiger partial charge in [-0.2, -0.15) is 0 Å². The number of aliphatic carboxylic acids is 1. The number of carboxylic acid groups (broad SMARTS) is 1. The highest BCUT2D eigenvalue weighted by Gasteiger charge is 2.45. The lowest BCUT2D eigenvalue weighted by Crippen LogP contribution is -2.57. The molecule has 3 rings (SSSR count). The summed E-state index contributed by atoms with van der Waals surface area (Å²) in [5, 5.41) is 9.12. The molecule has 0 spiro atoms. The standard InChI is InChI=1S/C18H20N2O6/c1-10(2)14(17(23)19-7-8-26-13(9-19)18(24)25)20-15(21)11-5-3-4-6-12(11)16(20)22/h3-6,10,13-14H,7-9H2,1-2H3,(H,24,25). The monoisotopic (exact) mass is 360 g/mol. The first kappa shape index (κ1) is 18.1. The summed E-state index contributed by atoms with van der Waals surface area (Å²) in [7, 11) is 0. The van der Waals surface area contributed by atoms with Gasteiger partial charge in [0, 0.05) is 6.54 Å². The number of ether oxygens (including phenoxy) is 1. The van der Waals surface area contributed by atoms with Crippen LogP contribution in [0.3, 0.4) is 0 Å². The zero-order valence-corrected chi connectivity index (χ0v) is 14.5. The molecular formula is C18H20N2O6. The Labute approximate surface area is 150 Å². The van der Waals surface area contributed by atoms with Crippen molar-refractivity contribution in [1.82, 2.24) is 9.80 Å². The summed E-state index contributed by atoms with van der Waals surface area (Å²) >= 11 is 0. The van der Waals surface area contributed by atoms with Crippen molar-refractivity contribution >= 4 is 23.7 Å². The van der Waals surface area contributed by atoms with Crippen molar-refractivity contribution in [1.29, 1.82) is 0 Å². The molecule has 2 atom stereocenters. The fourth-order valence-electron chi connectivity index (χ4n) is 3.34. The molecule has 1 N–H and O–H groups in total. The molecule has 1 fully saturated rings. The van der Waals surface area contributed by atoms with Crippen LogP contribution in [-0.2, 0) is 14.3 Å². The molecule has 1 aromatic rings. The fraction of sp³-hybridized carbons (Fsp3) is 0.444. The normalized spacial score (nSPS) is 21.1. The van der Waals surface area contributed by atoms with E-state index in [4.69, 9.17) is 9.84 Å². The molecular weight excluding hydrogens is 340 g/mol. The molecule has 0 bridgehead atoms. The van der Waals surface area contributed by atoms with E-state index in [1.165, 1.54) is 4.90 Å². The number of hydrogen-bond donors (Lipinski definition) is 1. The van der Waals surface area contributed by atoms with Crippen LogP contribution in [-0.4, -0.2) is 70.4 Å². The van der Waals surface area contributed by atoms with Crippen molar-refractivity contribution in [3.63, 3.8) is 0 Å². The third kappa shape index (κ3) is 2.96. The van der Waals surface area contributed by atoms with Crippen molar-refractivity contribution in [3.8, 4) is 0 Å². The Balaban J connectivity index is 1.88. The van der Waals surface area contributed by atoms with Gasteiger partial charge >= 0.3 is 5.97 Å². The third-order valence-corrected chi connectivity index (χ3v) is 4.64. The Morgan fingerprint density at radius 2 is 1.73 bits per heavy atom. The fourth-order valence-corrected chi connectivity index (χ4v) is 3.34. The Kier molecular flexibility index (Phi) is 4.78. The molecule has 0 aromatic heterocycles. The van der Waals surface area contributed by atoms with E-state index in [1.807, 2.05) is 0 Å². The van der Waals surface area contributed by atoms with E-state index in [-0.39, 0.29) is 36.7 Å².